The molecule has 1 saturated carbocycles. The third kappa shape index (κ3) is 5.18. The lowest BCUT2D eigenvalue weighted by atomic mass is 9.97. The second-order valence-corrected chi connectivity index (χ2v) is 12.3. The summed E-state index contributed by atoms with van der Waals surface area (Å²) in [5.41, 5.74) is -1.15. The Balaban J connectivity index is 1.33. The zero-order chi connectivity index (χ0) is 30.7. The Morgan fingerprint density at radius 2 is 1.79 bits per heavy atom. The maximum absolute atomic E-state index is 13.6. The topological polar surface area (TPSA) is 158 Å². The van der Waals surface area contributed by atoms with Crippen LogP contribution in [0.4, 0.5) is 10.6 Å². The van der Waals surface area contributed by atoms with Crippen LogP contribution in [0.5, 0.6) is 0 Å². The Morgan fingerprint density at radius 1 is 1.09 bits per heavy atom. The summed E-state index contributed by atoms with van der Waals surface area (Å²) in [7, 11) is 0. The fourth-order valence-electron chi connectivity index (χ4n) is 5.50. The molecule has 0 unspecified atom stereocenters. The van der Waals surface area contributed by atoms with Gasteiger partial charge in [-0.2, -0.15) is 0 Å². The molecule has 1 aliphatic carbocycles. The number of urea groups is 1. The number of aromatic nitrogens is 3. The number of likely N-dealkylation sites (tertiary alicyclic amines) is 1. The first kappa shape index (κ1) is 28.6. The minimum absolute atomic E-state index is 0.0902. The minimum Gasteiger partial charge on any atom is -0.480 e. The van der Waals surface area contributed by atoms with Crippen molar-refractivity contribution in [3.8, 4) is 0 Å². The van der Waals surface area contributed by atoms with Crippen molar-refractivity contribution >= 4 is 52.4 Å². The minimum atomic E-state index is -1.44. The van der Waals surface area contributed by atoms with Crippen LogP contribution in [0.3, 0.4) is 0 Å². The van der Waals surface area contributed by atoms with Crippen LogP contribution in [0.2, 0.25) is 5.02 Å². The van der Waals surface area contributed by atoms with E-state index >= 15 is 0 Å². The standard InChI is InChI=1S/C29H30ClN7O6/c1-28(2,26(41)42)37-10-9-35(27(37)43)21-13-31-23-20(33-21)11-19(24(39)32-12-17-3-5-18(30)6-4-17)25(40)36(23)14-22(38)34-15-29(16-34)7-8-29/h3-6,11,13H,7-10,12,14-16H2,1-2H3,(H,32,39)(H,41,42). The summed E-state index contributed by atoms with van der Waals surface area (Å²) in [6.45, 7) is 4.31. The van der Waals surface area contributed by atoms with E-state index in [1.807, 2.05) is 0 Å². The zero-order valence-electron chi connectivity index (χ0n) is 23.7. The molecule has 3 fully saturated rings. The number of halogens is 1. The first-order chi connectivity index (χ1) is 20.4. The molecule has 2 N–H and O–H groups in total. The van der Waals surface area contributed by atoms with Gasteiger partial charge in [-0.15, -0.1) is 0 Å². The molecule has 13 nitrogen and oxygen atoms in total. The number of amides is 4. The number of hydrogen-bond acceptors (Lipinski definition) is 7. The predicted molar refractivity (Wildman–Crippen MR) is 156 cm³/mol. The summed E-state index contributed by atoms with van der Waals surface area (Å²) in [5.74, 6) is -1.94. The molecule has 2 saturated heterocycles. The quantitative estimate of drug-likeness (QED) is 0.394. The van der Waals surface area contributed by atoms with Crippen LogP contribution in [-0.4, -0.2) is 85.0 Å². The normalized spacial score (nSPS) is 17.4. The number of benzene rings is 1. The van der Waals surface area contributed by atoms with Gasteiger partial charge in [-0.05, 0) is 50.5 Å². The number of carboxylic acid groups (broad SMARTS) is 1. The van der Waals surface area contributed by atoms with E-state index in [1.54, 1.807) is 29.2 Å². The van der Waals surface area contributed by atoms with E-state index in [4.69, 9.17) is 11.6 Å². The lowest BCUT2D eigenvalue weighted by Crippen LogP contribution is -2.53. The molecule has 6 rings (SSSR count). The number of nitrogens with zero attached hydrogens (tertiary/aromatic N) is 6. The van der Waals surface area contributed by atoms with Gasteiger partial charge in [-0.25, -0.2) is 19.6 Å². The fraction of sp³-hybridized carbons (Fsp3) is 0.414. The van der Waals surface area contributed by atoms with Crippen molar-refractivity contribution in [3.63, 3.8) is 0 Å². The van der Waals surface area contributed by atoms with Gasteiger partial charge in [0.1, 0.15) is 23.2 Å². The molecule has 43 heavy (non-hydrogen) atoms. The van der Waals surface area contributed by atoms with Crippen LogP contribution in [0.15, 0.2) is 41.3 Å². The highest BCUT2D eigenvalue weighted by Gasteiger charge is 2.53. The Hall–Kier alpha value is -4.52. The van der Waals surface area contributed by atoms with E-state index < -0.39 is 29.0 Å². The average molecular weight is 608 g/mol. The van der Waals surface area contributed by atoms with Gasteiger partial charge in [0.25, 0.3) is 11.5 Å². The van der Waals surface area contributed by atoms with Gasteiger partial charge in [0.05, 0.1) is 6.20 Å². The maximum atomic E-state index is 13.6. The highest BCUT2D eigenvalue weighted by Crippen LogP contribution is 2.52. The summed E-state index contributed by atoms with van der Waals surface area (Å²) in [5, 5.41) is 12.9. The van der Waals surface area contributed by atoms with Gasteiger partial charge in [0, 0.05) is 43.2 Å². The molecule has 2 aliphatic heterocycles. The van der Waals surface area contributed by atoms with E-state index in [2.05, 4.69) is 15.3 Å². The zero-order valence-corrected chi connectivity index (χ0v) is 24.4. The van der Waals surface area contributed by atoms with Gasteiger partial charge >= 0.3 is 12.0 Å². The van der Waals surface area contributed by atoms with Crippen molar-refractivity contribution in [2.45, 2.75) is 45.3 Å². The monoisotopic (exact) mass is 607 g/mol. The van der Waals surface area contributed by atoms with E-state index in [0.29, 0.717) is 18.1 Å². The van der Waals surface area contributed by atoms with Gasteiger partial charge in [0.15, 0.2) is 11.5 Å². The summed E-state index contributed by atoms with van der Waals surface area (Å²) in [4.78, 5) is 78.1. The van der Waals surface area contributed by atoms with Gasteiger partial charge in [-0.1, -0.05) is 23.7 Å². The summed E-state index contributed by atoms with van der Waals surface area (Å²) in [6, 6.07) is 7.62. The number of pyridine rings is 1. The number of anilines is 1. The van der Waals surface area contributed by atoms with Crippen molar-refractivity contribution in [1.82, 2.24) is 29.7 Å². The number of fused-ring (bicyclic) bond motifs is 1. The number of carboxylic acids is 1. The van der Waals surface area contributed by atoms with E-state index in [0.717, 1.165) is 23.0 Å². The molecule has 4 heterocycles. The third-order valence-corrected chi connectivity index (χ3v) is 8.78. The summed E-state index contributed by atoms with van der Waals surface area (Å²) < 4.78 is 1.15. The molecule has 4 amide bonds. The van der Waals surface area contributed by atoms with Crippen LogP contribution < -0.4 is 15.8 Å². The molecule has 14 heteroatoms. The molecule has 224 valence electrons. The first-order valence-electron chi connectivity index (χ1n) is 13.9. The van der Waals surface area contributed by atoms with Crippen molar-refractivity contribution in [2.75, 3.05) is 31.1 Å². The lowest BCUT2D eigenvalue weighted by Gasteiger charge is -2.40. The second-order valence-electron chi connectivity index (χ2n) is 11.9. The second kappa shape index (κ2) is 10.3. The largest absolute Gasteiger partial charge is 0.480 e. The lowest BCUT2D eigenvalue weighted by molar-refractivity contribution is -0.147. The smallest absolute Gasteiger partial charge is 0.329 e. The molecule has 0 radical (unpaired) electrons. The highest BCUT2D eigenvalue weighted by molar-refractivity contribution is 6.30. The van der Waals surface area contributed by atoms with Crippen LogP contribution >= 0.6 is 11.6 Å². The van der Waals surface area contributed by atoms with E-state index in [-0.39, 0.29) is 60.0 Å². The van der Waals surface area contributed by atoms with Gasteiger partial charge in [0.2, 0.25) is 5.91 Å². The molecule has 1 aromatic carbocycles. The van der Waals surface area contributed by atoms with Crippen molar-refractivity contribution < 1.29 is 24.3 Å². The van der Waals surface area contributed by atoms with Crippen LogP contribution in [0, 0.1) is 5.41 Å². The first-order valence-corrected chi connectivity index (χ1v) is 14.3. The average Bonchev–Trinajstić information content (AvgIpc) is 3.67. The fourth-order valence-corrected chi connectivity index (χ4v) is 5.63. The van der Waals surface area contributed by atoms with E-state index in [1.165, 1.54) is 35.9 Å². The van der Waals surface area contributed by atoms with Crippen molar-refractivity contribution in [3.05, 3.63) is 63.0 Å². The molecule has 0 bridgehead atoms. The number of rotatable bonds is 8. The van der Waals surface area contributed by atoms with Gasteiger partial charge in [-0.3, -0.25) is 23.9 Å². The summed E-state index contributed by atoms with van der Waals surface area (Å²) >= 11 is 5.95. The number of aliphatic carboxylic acids is 1. The number of carbonyl (C=O) groups is 4. The Morgan fingerprint density at radius 3 is 2.44 bits per heavy atom. The van der Waals surface area contributed by atoms with E-state index in [9.17, 15) is 29.1 Å². The molecular formula is C29H30ClN7O6. The SMILES string of the molecule is CC(C)(C(=O)O)N1CCN(c2cnc3c(cc(C(=O)NCc4ccc(Cl)cc4)c(=O)n3CC(=O)N3CC4(CC4)C3)n2)C1=O. The number of hydrogen-bond donors (Lipinski definition) is 2. The van der Waals surface area contributed by atoms with Crippen molar-refractivity contribution in [1.29, 1.82) is 0 Å². The number of nitrogens with one attached hydrogen (secondary N) is 1. The molecule has 0 atom stereocenters. The number of carbonyl (C=O) groups excluding carboxylic acids is 3. The van der Waals surface area contributed by atoms with Crippen LogP contribution in [0.25, 0.3) is 11.2 Å². The molecule has 1 spiro atoms. The Kier molecular flexibility index (Phi) is 6.87. The highest BCUT2D eigenvalue weighted by atomic mass is 35.5. The predicted octanol–water partition coefficient (Wildman–Crippen LogP) is 2.10. The maximum Gasteiger partial charge on any atom is 0.329 e. The molecule has 3 aliphatic rings. The van der Waals surface area contributed by atoms with Crippen molar-refractivity contribution in [2.24, 2.45) is 5.41 Å². The molecule has 3 aromatic rings. The third-order valence-electron chi connectivity index (χ3n) is 8.53. The Bertz CT molecular complexity index is 1730. The summed E-state index contributed by atoms with van der Waals surface area (Å²) in [6.07, 6.45) is 3.49. The van der Waals surface area contributed by atoms with Gasteiger partial charge < -0.3 is 20.2 Å². The Labute approximate surface area is 251 Å². The van der Waals surface area contributed by atoms with Crippen LogP contribution in [-0.2, 0) is 22.7 Å². The van der Waals surface area contributed by atoms with Crippen LogP contribution in [0.1, 0.15) is 42.6 Å². The molecule has 2 aromatic heterocycles. The molecular weight excluding hydrogens is 578 g/mol.